The molecule has 1 aromatic heterocycles. The van der Waals surface area contributed by atoms with E-state index in [2.05, 4.69) is 20.9 Å². The van der Waals surface area contributed by atoms with Crippen LogP contribution in [-0.4, -0.2) is 9.91 Å². The molecule has 4 nitrogen and oxygen atoms in total. The van der Waals surface area contributed by atoms with Gasteiger partial charge in [-0.05, 0) is 15.9 Å². The van der Waals surface area contributed by atoms with Gasteiger partial charge in [-0.3, -0.25) is 10.1 Å². The number of halogens is 4. The van der Waals surface area contributed by atoms with E-state index in [0.29, 0.717) is 6.07 Å². The first-order valence-electron chi connectivity index (χ1n) is 3.22. The van der Waals surface area contributed by atoms with E-state index in [9.17, 15) is 23.3 Å². The Balaban J connectivity index is 3.44. The molecule has 0 amide bonds. The lowest BCUT2D eigenvalue weighted by Crippen LogP contribution is -2.00. The second kappa shape index (κ2) is 3.91. The highest BCUT2D eigenvalue weighted by Crippen LogP contribution is 2.33. The van der Waals surface area contributed by atoms with Gasteiger partial charge in [0.15, 0.2) is 4.60 Å². The number of nitrogens with zero attached hydrogens (tertiary/aromatic N) is 2. The van der Waals surface area contributed by atoms with Crippen molar-refractivity contribution in [3.8, 4) is 0 Å². The number of aromatic nitrogens is 1. The smallest absolute Gasteiger partial charge is 0.258 e. The second-order valence-corrected chi connectivity index (χ2v) is 2.98. The van der Waals surface area contributed by atoms with Crippen LogP contribution in [0.5, 0.6) is 0 Å². The molecule has 0 aliphatic heterocycles. The van der Waals surface area contributed by atoms with Crippen LogP contribution in [0.3, 0.4) is 0 Å². The van der Waals surface area contributed by atoms with Gasteiger partial charge >= 0.3 is 5.69 Å². The van der Waals surface area contributed by atoms with E-state index in [1.54, 1.807) is 0 Å². The quantitative estimate of drug-likeness (QED) is 0.472. The van der Waals surface area contributed by atoms with Gasteiger partial charge in [0.05, 0.1) is 4.92 Å². The first-order chi connectivity index (χ1) is 6.43. The summed E-state index contributed by atoms with van der Waals surface area (Å²) in [5, 5.41) is 10.3. The summed E-state index contributed by atoms with van der Waals surface area (Å²) < 4.78 is 36.4. The number of hydrogen-bond donors (Lipinski definition) is 0. The minimum absolute atomic E-state index is 0.341. The van der Waals surface area contributed by atoms with Crippen LogP contribution in [0.25, 0.3) is 0 Å². The standard InChI is InChI=1S/C6H2BrF3N2O2/c7-5-4(12(13)14)2(6(9)10)1-3(8)11-5/h1,6H. The zero-order valence-electron chi connectivity index (χ0n) is 6.38. The van der Waals surface area contributed by atoms with E-state index >= 15 is 0 Å². The van der Waals surface area contributed by atoms with Crippen LogP contribution in [0.15, 0.2) is 10.7 Å². The fourth-order valence-electron chi connectivity index (χ4n) is 0.842. The molecule has 0 fully saturated rings. The van der Waals surface area contributed by atoms with Crippen molar-refractivity contribution in [2.24, 2.45) is 0 Å². The average molecular weight is 271 g/mol. The summed E-state index contributed by atoms with van der Waals surface area (Å²) in [5.74, 6) is -1.20. The molecule has 0 saturated heterocycles. The Hall–Kier alpha value is -1.18. The summed E-state index contributed by atoms with van der Waals surface area (Å²) in [5.41, 5.74) is -1.91. The van der Waals surface area contributed by atoms with E-state index in [1.807, 2.05) is 0 Å². The molecular weight excluding hydrogens is 269 g/mol. The second-order valence-electron chi connectivity index (χ2n) is 2.23. The lowest BCUT2D eigenvalue weighted by molar-refractivity contribution is -0.387. The topological polar surface area (TPSA) is 56.0 Å². The van der Waals surface area contributed by atoms with Crippen LogP contribution in [0, 0.1) is 16.1 Å². The zero-order chi connectivity index (χ0) is 10.9. The van der Waals surface area contributed by atoms with Crippen molar-refractivity contribution in [2.75, 3.05) is 0 Å². The Labute approximate surface area is 84.0 Å². The van der Waals surface area contributed by atoms with Crippen molar-refractivity contribution in [1.82, 2.24) is 4.98 Å². The summed E-state index contributed by atoms with van der Waals surface area (Å²) in [6.45, 7) is 0. The van der Waals surface area contributed by atoms with Crippen molar-refractivity contribution in [1.29, 1.82) is 0 Å². The molecular formula is C6H2BrF3N2O2. The van der Waals surface area contributed by atoms with Crippen molar-refractivity contribution in [2.45, 2.75) is 6.43 Å². The van der Waals surface area contributed by atoms with Gasteiger partial charge in [0, 0.05) is 6.07 Å². The Bertz CT molecular complexity index is 386. The fraction of sp³-hybridized carbons (Fsp3) is 0.167. The van der Waals surface area contributed by atoms with E-state index in [1.165, 1.54) is 0 Å². The number of alkyl halides is 2. The highest BCUT2D eigenvalue weighted by molar-refractivity contribution is 9.10. The van der Waals surface area contributed by atoms with Crippen molar-refractivity contribution in [3.63, 3.8) is 0 Å². The maximum Gasteiger partial charge on any atom is 0.311 e. The summed E-state index contributed by atoms with van der Waals surface area (Å²) in [6.07, 6.45) is -3.12. The molecule has 0 aromatic carbocycles. The van der Waals surface area contributed by atoms with Crippen LogP contribution < -0.4 is 0 Å². The fourth-order valence-corrected chi connectivity index (χ4v) is 1.38. The molecule has 0 atom stereocenters. The summed E-state index contributed by atoms with van der Waals surface area (Å²) >= 11 is 2.54. The SMILES string of the molecule is O=[N+]([O-])c1c(C(F)F)cc(F)nc1Br. The van der Waals surface area contributed by atoms with Crippen LogP contribution in [0.1, 0.15) is 12.0 Å². The molecule has 14 heavy (non-hydrogen) atoms. The predicted molar refractivity (Wildman–Crippen MR) is 43.5 cm³/mol. The number of nitro groups is 1. The van der Waals surface area contributed by atoms with Gasteiger partial charge in [-0.2, -0.15) is 4.39 Å². The molecule has 1 heterocycles. The maximum absolute atomic E-state index is 12.5. The lowest BCUT2D eigenvalue weighted by Gasteiger charge is -2.02. The Morgan fingerprint density at radius 1 is 1.57 bits per heavy atom. The monoisotopic (exact) mass is 270 g/mol. The first kappa shape index (κ1) is 10.9. The highest BCUT2D eigenvalue weighted by Gasteiger charge is 2.27. The molecule has 0 spiro atoms. The van der Waals surface area contributed by atoms with E-state index < -0.39 is 33.2 Å². The first-order valence-corrected chi connectivity index (χ1v) is 4.01. The van der Waals surface area contributed by atoms with Gasteiger partial charge < -0.3 is 0 Å². The highest BCUT2D eigenvalue weighted by atomic mass is 79.9. The number of pyridine rings is 1. The van der Waals surface area contributed by atoms with Gasteiger partial charge in [-0.1, -0.05) is 0 Å². The molecule has 76 valence electrons. The molecule has 0 aliphatic carbocycles. The average Bonchev–Trinajstić information content (AvgIpc) is 2.01. The van der Waals surface area contributed by atoms with Gasteiger partial charge in [-0.25, -0.2) is 13.8 Å². The van der Waals surface area contributed by atoms with Crippen molar-refractivity contribution in [3.05, 3.63) is 32.3 Å². The zero-order valence-corrected chi connectivity index (χ0v) is 7.96. The third-order valence-electron chi connectivity index (χ3n) is 1.37. The van der Waals surface area contributed by atoms with Crippen LogP contribution >= 0.6 is 15.9 Å². The molecule has 0 unspecified atom stereocenters. The normalized spacial score (nSPS) is 10.6. The Morgan fingerprint density at radius 2 is 2.14 bits per heavy atom. The molecule has 0 aliphatic rings. The summed E-state index contributed by atoms with van der Waals surface area (Å²) in [6, 6.07) is 0.341. The number of hydrogen-bond acceptors (Lipinski definition) is 3. The van der Waals surface area contributed by atoms with Gasteiger partial charge in [-0.15, -0.1) is 0 Å². The minimum Gasteiger partial charge on any atom is -0.258 e. The lowest BCUT2D eigenvalue weighted by atomic mass is 10.2. The van der Waals surface area contributed by atoms with Crippen LogP contribution in [0.2, 0.25) is 0 Å². The Kier molecular flexibility index (Phi) is 3.04. The molecule has 8 heteroatoms. The van der Waals surface area contributed by atoms with Gasteiger partial charge in [0.2, 0.25) is 5.95 Å². The largest absolute Gasteiger partial charge is 0.311 e. The van der Waals surface area contributed by atoms with Crippen molar-refractivity contribution >= 4 is 21.6 Å². The Morgan fingerprint density at radius 3 is 2.57 bits per heavy atom. The molecule has 0 saturated carbocycles. The third kappa shape index (κ3) is 2.00. The minimum atomic E-state index is -3.12. The van der Waals surface area contributed by atoms with Crippen LogP contribution in [-0.2, 0) is 0 Å². The molecule has 1 aromatic rings. The summed E-state index contributed by atoms with van der Waals surface area (Å²) in [4.78, 5) is 12.3. The molecule has 0 bridgehead atoms. The molecule has 0 radical (unpaired) electrons. The van der Waals surface area contributed by atoms with Gasteiger partial charge in [0.25, 0.3) is 6.43 Å². The van der Waals surface area contributed by atoms with Crippen LogP contribution in [0.4, 0.5) is 18.9 Å². The van der Waals surface area contributed by atoms with E-state index in [-0.39, 0.29) is 0 Å². The molecule has 1 rings (SSSR count). The molecule has 0 N–H and O–H groups in total. The third-order valence-corrected chi connectivity index (χ3v) is 1.92. The maximum atomic E-state index is 12.5. The summed E-state index contributed by atoms with van der Waals surface area (Å²) in [7, 11) is 0. The predicted octanol–water partition coefficient (Wildman–Crippen LogP) is 2.83. The van der Waals surface area contributed by atoms with Crippen molar-refractivity contribution < 1.29 is 18.1 Å². The van der Waals surface area contributed by atoms with E-state index in [0.717, 1.165) is 0 Å². The van der Waals surface area contributed by atoms with Gasteiger partial charge in [0.1, 0.15) is 5.56 Å². The van der Waals surface area contributed by atoms with E-state index in [4.69, 9.17) is 0 Å². The number of rotatable bonds is 2.